The first kappa shape index (κ1) is 15.5. The third-order valence-electron chi connectivity index (χ3n) is 3.15. The van der Waals surface area contributed by atoms with Crippen LogP contribution in [0.15, 0.2) is 50.9 Å². The number of hydrogen-bond donors (Lipinski definition) is 1. The number of benzene rings is 1. The molecule has 0 radical (unpaired) electrons. The SMILES string of the molecule is CCC(N)Cc1cc(C)ccc1Sc1ncccc1Br. The summed E-state index contributed by atoms with van der Waals surface area (Å²) in [5.41, 5.74) is 8.69. The normalized spacial score (nSPS) is 12.4. The molecule has 0 aliphatic carbocycles. The zero-order valence-corrected chi connectivity index (χ0v) is 14.2. The Balaban J connectivity index is 2.29. The Kier molecular flexibility index (Phi) is 5.64. The fourth-order valence-corrected chi connectivity index (χ4v) is 3.34. The molecular formula is C16H19BrN2S. The summed E-state index contributed by atoms with van der Waals surface area (Å²) in [5, 5.41) is 0.989. The molecule has 106 valence electrons. The topological polar surface area (TPSA) is 38.9 Å². The molecule has 0 fully saturated rings. The molecule has 0 saturated heterocycles. The highest BCUT2D eigenvalue weighted by Gasteiger charge is 2.10. The predicted molar refractivity (Wildman–Crippen MR) is 89.2 cm³/mol. The van der Waals surface area contributed by atoms with Gasteiger partial charge in [-0.05, 0) is 59.5 Å². The second-order valence-corrected chi connectivity index (χ2v) is 6.76. The maximum Gasteiger partial charge on any atom is 0.115 e. The quantitative estimate of drug-likeness (QED) is 0.857. The van der Waals surface area contributed by atoms with Crippen molar-refractivity contribution in [2.75, 3.05) is 0 Å². The Morgan fingerprint density at radius 2 is 2.15 bits per heavy atom. The van der Waals surface area contributed by atoms with E-state index in [0.29, 0.717) is 0 Å². The van der Waals surface area contributed by atoms with Crippen LogP contribution in [0.3, 0.4) is 0 Å². The van der Waals surface area contributed by atoms with E-state index in [1.807, 2.05) is 18.3 Å². The van der Waals surface area contributed by atoms with E-state index in [0.717, 1.165) is 22.3 Å². The van der Waals surface area contributed by atoms with Gasteiger partial charge in [-0.2, -0.15) is 0 Å². The molecule has 4 heteroatoms. The van der Waals surface area contributed by atoms with Crippen molar-refractivity contribution in [2.45, 2.75) is 42.7 Å². The van der Waals surface area contributed by atoms with Gasteiger partial charge in [0.25, 0.3) is 0 Å². The van der Waals surface area contributed by atoms with Crippen LogP contribution in [0.25, 0.3) is 0 Å². The Bertz CT molecular complexity index is 586. The molecule has 1 aromatic heterocycles. The summed E-state index contributed by atoms with van der Waals surface area (Å²) < 4.78 is 1.02. The molecule has 0 saturated carbocycles. The zero-order chi connectivity index (χ0) is 14.5. The van der Waals surface area contributed by atoms with Gasteiger partial charge in [0.1, 0.15) is 5.03 Å². The minimum atomic E-state index is 0.211. The molecule has 2 nitrogen and oxygen atoms in total. The van der Waals surface area contributed by atoms with Gasteiger partial charge < -0.3 is 5.73 Å². The van der Waals surface area contributed by atoms with Crippen molar-refractivity contribution >= 4 is 27.7 Å². The maximum atomic E-state index is 6.11. The van der Waals surface area contributed by atoms with Crippen LogP contribution < -0.4 is 5.73 Å². The van der Waals surface area contributed by atoms with Gasteiger partial charge in [-0.3, -0.25) is 0 Å². The fraction of sp³-hybridized carbons (Fsp3) is 0.312. The van der Waals surface area contributed by atoms with E-state index in [1.165, 1.54) is 16.0 Å². The van der Waals surface area contributed by atoms with Crippen LogP contribution in [-0.4, -0.2) is 11.0 Å². The molecule has 1 aromatic carbocycles. The summed E-state index contributed by atoms with van der Waals surface area (Å²) in [7, 11) is 0. The van der Waals surface area contributed by atoms with Gasteiger partial charge in [0.05, 0.1) is 4.47 Å². The van der Waals surface area contributed by atoms with Gasteiger partial charge in [-0.1, -0.05) is 36.4 Å². The molecular weight excluding hydrogens is 332 g/mol. The summed E-state index contributed by atoms with van der Waals surface area (Å²) in [6, 6.07) is 10.7. The molecule has 20 heavy (non-hydrogen) atoms. The van der Waals surface area contributed by atoms with Gasteiger partial charge in [0.2, 0.25) is 0 Å². The van der Waals surface area contributed by atoms with E-state index >= 15 is 0 Å². The molecule has 2 N–H and O–H groups in total. The molecule has 1 heterocycles. The number of aromatic nitrogens is 1. The molecule has 0 amide bonds. The Hall–Kier alpha value is -0.840. The van der Waals surface area contributed by atoms with E-state index in [1.54, 1.807) is 11.8 Å². The lowest BCUT2D eigenvalue weighted by molar-refractivity contribution is 0.641. The van der Waals surface area contributed by atoms with Crippen molar-refractivity contribution in [2.24, 2.45) is 5.73 Å². The monoisotopic (exact) mass is 350 g/mol. The number of pyridine rings is 1. The fourth-order valence-electron chi connectivity index (χ4n) is 1.94. The van der Waals surface area contributed by atoms with Gasteiger partial charge >= 0.3 is 0 Å². The van der Waals surface area contributed by atoms with Crippen molar-refractivity contribution in [1.29, 1.82) is 0 Å². The second kappa shape index (κ2) is 7.25. The lowest BCUT2D eigenvalue weighted by Gasteiger charge is -2.14. The Morgan fingerprint density at radius 1 is 1.35 bits per heavy atom. The minimum absolute atomic E-state index is 0.211. The van der Waals surface area contributed by atoms with Crippen LogP contribution in [-0.2, 0) is 6.42 Å². The van der Waals surface area contributed by atoms with Crippen LogP contribution in [0, 0.1) is 6.92 Å². The number of rotatable bonds is 5. The van der Waals surface area contributed by atoms with Crippen LogP contribution in [0.5, 0.6) is 0 Å². The van der Waals surface area contributed by atoms with Crippen molar-refractivity contribution in [3.05, 3.63) is 52.1 Å². The maximum absolute atomic E-state index is 6.11. The zero-order valence-electron chi connectivity index (χ0n) is 11.8. The predicted octanol–water partition coefficient (Wildman–Crippen LogP) is 4.58. The smallest absolute Gasteiger partial charge is 0.115 e. The third kappa shape index (κ3) is 4.08. The Morgan fingerprint density at radius 3 is 2.85 bits per heavy atom. The minimum Gasteiger partial charge on any atom is -0.327 e. The van der Waals surface area contributed by atoms with E-state index in [4.69, 9.17) is 5.73 Å². The molecule has 0 spiro atoms. The van der Waals surface area contributed by atoms with Gasteiger partial charge in [0.15, 0.2) is 0 Å². The van der Waals surface area contributed by atoms with Crippen LogP contribution in [0.1, 0.15) is 24.5 Å². The average molecular weight is 351 g/mol. The van der Waals surface area contributed by atoms with Gasteiger partial charge in [0, 0.05) is 17.1 Å². The average Bonchev–Trinajstić information content (AvgIpc) is 2.44. The van der Waals surface area contributed by atoms with Crippen LogP contribution in [0.2, 0.25) is 0 Å². The highest BCUT2D eigenvalue weighted by Crippen LogP contribution is 2.34. The number of halogens is 1. The summed E-state index contributed by atoms with van der Waals surface area (Å²) in [6.07, 6.45) is 3.72. The summed E-state index contributed by atoms with van der Waals surface area (Å²) in [5.74, 6) is 0. The van der Waals surface area contributed by atoms with E-state index in [9.17, 15) is 0 Å². The first-order valence-electron chi connectivity index (χ1n) is 6.73. The molecule has 1 unspecified atom stereocenters. The van der Waals surface area contributed by atoms with Crippen molar-refractivity contribution in [3.8, 4) is 0 Å². The number of nitrogens with zero attached hydrogens (tertiary/aromatic N) is 1. The van der Waals surface area contributed by atoms with Crippen molar-refractivity contribution in [1.82, 2.24) is 4.98 Å². The largest absolute Gasteiger partial charge is 0.327 e. The summed E-state index contributed by atoms with van der Waals surface area (Å²) in [6.45, 7) is 4.24. The number of aryl methyl sites for hydroxylation is 1. The van der Waals surface area contributed by atoms with Crippen molar-refractivity contribution in [3.63, 3.8) is 0 Å². The Labute approximate surface area is 133 Å². The molecule has 1 atom stereocenters. The highest BCUT2D eigenvalue weighted by molar-refractivity contribution is 9.10. The van der Waals surface area contributed by atoms with E-state index < -0.39 is 0 Å². The molecule has 0 aliphatic heterocycles. The molecule has 2 rings (SSSR count). The second-order valence-electron chi connectivity index (χ2n) is 4.88. The van der Waals surface area contributed by atoms with Crippen LogP contribution in [0.4, 0.5) is 0 Å². The van der Waals surface area contributed by atoms with Crippen LogP contribution >= 0.6 is 27.7 Å². The standard InChI is InChI=1S/C16H19BrN2S/c1-3-13(18)10-12-9-11(2)6-7-15(12)20-16-14(17)5-4-8-19-16/h4-9,13H,3,10,18H2,1-2H3. The third-order valence-corrected chi connectivity index (χ3v) is 5.19. The van der Waals surface area contributed by atoms with E-state index in [-0.39, 0.29) is 6.04 Å². The summed E-state index contributed by atoms with van der Waals surface area (Å²) >= 11 is 5.24. The highest BCUT2D eigenvalue weighted by atomic mass is 79.9. The van der Waals surface area contributed by atoms with E-state index in [2.05, 4.69) is 53.0 Å². The molecule has 0 aliphatic rings. The lowest BCUT2D eigenvalue weighted by Crippen LogP contribution is -2.21. The number of hydrogen-bond acceptors (Lipinski definition) is 3. The first-order chi connectivity index (χ1) is 9.60. The van der Waals surface area contributed by atoms with Gasteiger partial charge in [-0.25, -0.2) is 4.98 Å². The molecule has 0 bridgehead atoms. The lowest BCUT2D eigenvalue weighted by atomic mass is 10.0. The first-order valence-corrected chi connectivity index (χ1v) is 8.34. The summed E-state index contributed by atoms with van der Waals surface area (Å²) in [4.78, 5) is 5.66. The number of nitrogens with two attached hydrogens (primary N) is 1. The van der Waals surface area contributed by atoms with Crippen molar-refractivity contribution < 1.29 is 0 Å². The molecule has 2 aromatic rings. The van der Waals surface area contributed by atoms with Gasteiger partial charge in [-0.15, -0.1) is 0 Å².